The molecule has 10 heteroatoms. The maximum Gasteiger partial charge on any atom is 0.319 e. The Balaban J connectivity index is 1.58. The minimum Gasteiger partial charge on any atom is -0.377 e. The predicted octanol–water partition coefficient (Wildman–Crippen LogP) is 2.80. The van der Waals surface area contributed by atoms with E-state index in [2.05, 4.69) is 33.6 Å². The molecule has 2 amide bonds. The normalized spacial score (nSPS) is 16.9. The number of anilines is 2. The summed E-state index contributed by atoms with van der Waals surface area (Å²) in [5.41, 5.74) is 4.62. The third kappa shape index (κ3) is 4.06. The minimum atomic E-state index is -0.245. The average Bonchev–Trinajstić information content (AvgIpc) is 3.28. The third-order valence-corrected chi connectivity index (χ3v) is 6.07. The minimum absolute atomic E-state index is 0.186. The largest absolute Gasteiger partial charge is 0.377 e. The van der Waals surface area contributed by atoms with Crippen LogP contribution >= 0.6 is 0 Å². The molecular formula is C24H26N8O2. The van der Waals surface area contributed by atoms with E-state index >= 15 is 0 Å². The van der Waals surface area contributed by atoms with E-state index in [1.165, 1.54) is 0 Å². The summed E-state index contributed by atoms with van der Waals surface area (Å²) in [5.74, 6) is 1.50. The Bertz CT molecular complexity index is 1260. The van der Waals surface area contributed by atoms with E-state index in [-0.39, 0.29) is 12.1 Å². The molecule has 10 nitrogen and oxygen atoms in total. The molecule has 1 atom stereocenters. The highest BCUT2D eigenvalue weighted by Gasteiger charge is 2.30. The number of nitriles is 1. The van der Waals surface area contributed by atoms with Crippen molar-refractivity contribution in [3.05, 3.63) is 41.6 Å². The molecule has 1 fully saturated rings. The Labute approximate surface area is 197 Å². The summed E-state index contributed by atoms with van der Waals surface area (Å²) in [6, 6.07) is 11.3. The van der Waals surface area contributed by atoms with Crippen molar-refractivity contribution in [2.24, 2.45) is 0 Å². The van der Waals surface area contributed by atoms with Gasteiger partial charge in [-0.1, -0.05) is 0 Å². The Kier molecular flexibility index (Phi) is 5.86. The molecule has 1 saturated heterocycles. The maximum atomic E-state index is 11.8. The van der Waals surface area contributed by atoms with Crippen LogP contribution in [0.25, 0.3) is 22.8 Å². The van der Waals surface area contributed by atoms with Gasteiger partial charge in [-0.15, -0.1) is 0 Å². The number of amides is 2. The van der Waals surface area contributed by atoms with Gasteiger partial charge in [0, 0.05) is 42.5 Å². The van der Waals surface area contributed by atoms with E-state index in [4.69, 9.17) is 14.7 Å². The number of fused-ring (bicyclic) bond motifs is 3. The maximum absolute atomic E-state index is 11.8. The molecular weight excluding hydrogens is 432 g/mol. The predicted molar refractivity (Wildman–Crippen MR) is 127 cm³/mol. The standard InChI is InChI=1S/C24H26N8O2/c1-3-26-24(33)27-17-6-4-16(5-7-17)22-28-21-19(8-9-32-20(21)12-18(13-25)30-32)23(29-22)31-10-11-34-14-15(31)2/h4-7,12,15H,3,8-11,14H2,1-2H3,(H2,26,27,33)/t15-/m0/s1. The van der Waals surface area contributed by atoms with Gasteiger partial charge in [0.05, 0.1) is 30.6 Å². The zero-order valence-corrected chi connectivity index (χ0v) is 19.2. The lowest BCUT2D eigenvalue weighted by atomic mass is 10.0. The number of hydrogen-bond donors (Lipinski definition) is 2. The summed E-state index contributed by atoms with van der Waals surface area (Å²) < 4.78 is 7.50. The van der Waals surface area contributed by atoms with E-state index < -0.39 is 0 Å². The zero-order chi connectivity index (χ0) is 23.7. The molecule has 0 aliphatic carbocycles. The van der Waals surface area contributed by atoms with Crippen molar-refractivity contribution in [2.45, 2.75) is 32.9 Å². The van der Waals surface area contributed by atoms with E-state index in [9.17, 15) is 10.1 Å². The molecule has 2 aliphatic heterocycles. The van der Waals surface area contributed by atoms with Gasteiger partial charge < -0.3 is 20.3 Å². The van der Waals surface area contributed by atoms with Crippen molar-refractivity contribution in [3.8, 4) is 28.8 Å². The first-order valence-electron chi connectivity index (χ1n) is 11.5. The van der Waals surface area contributed by atoms with Crippen LogP contribution in [0.4, 0.5) is 16.3 Å². The number of aromatic nitrogens is 4. The molecule has 174 valence electrons. The highest BCUT2D eigenvalue weighted by Crippen LogP contribution is 2.36. The fraction of sp³-hybridized carbons (Fsp3) is 0.375. The number of rotatable bonds is 4. The van der Waals surface area contributed by atoms with Crippen LogP contribution in [0.3, 0.4) is 0 Å². The molecule has 2 aromatic heterocycles. The van der Waals surface area contributed by atoms with E-state index in [1.807, 2.05) is 35.9 Å². The fourth-order valence-corrected chi connectivity index (χ4v) is 4.41. The van der Waals surface area contributed by atoms with Gasteiger partial charge in [0.15, 0.2) is 11.5 Å². The number of hydrogen-bond acceptors (Lipinski definition) is 7. The Morgan fingerprint density at radius 1 is 1.26 bits per heavy atom. The highest BCUT2D eigenvalue weighted by molar-refractivity contribution is 5.89. The van der Waals surface area contributed by atoms with E-state index in [0.717, 1.165) is 41.3 Å². The van der Waals surface area contributed by atoms with E-state index in [0.29, 0.717) is 43.5 Å². The molecule has 34 heavy (non-hydrogen) atoms. The summed E-state index contributed by atoms with van der Waals surface area (Å²) in [5, 5.41) is 19.3. The van der Waals surface area contributed by atoms with Crippen LogP contribution in [-0.4, -0.2) is 58.1 Å². The van der Waals surface area contributed by atoms with Gasteiger partial charge in [0.1, 0.15) is 11.9 Å². The van der Waals surface area contributed by atoms with Crippen LogP contribution in [0, 0.1) is 11.3 Å². The first-order valence-corrected chi connectivity index (χ1v) is 11.5. The molecule has 1 aromatic carbocycles. The molecule has 2 N–H and O–H groups in total. The number of carbonyl (C=O) groups excluding carboxylic acids is 1. The lowest BCUT2D eigenvalue weighted by Crippen LogP contribution is -2.45. The Hall–Kier alpha value is -3.97. The molecule has 0 bridgehead atoms. The summed E-state index contributed by atoms with van der Waals surface area (Å²) in [7, 11) is 0. The topological polar surface area (TPSA) is 121 Å². The molecule has 0 saturated carbocycles. The lowest BCUT2D eigenvalue weighted by molar-refractivity contribution is 0.0984. The van der Waals surface area contributed by atoms with Gasteiger partial charge in [0.2, 0.25) is 0 Å². The number of urea groups is 1. The molecule has 5 rings (SSSR count). The number of nitrogens with one attached hydrogen (secondary N) is 2. The third-order valence-electron chi connectivity index (χ3n) is 6.07. The number of carbonyl (C=O) groups is 1. The van der Waals surface area contributed by atoms with Crippen LogP contribution in [0.15, 0.2) is 30.3 Å². The van der Waals surface area contributed by atoms with Gasteiger partial charge in [-0.2, -0.15) is 10.4 Å². The van der Waals surface area contributed by atoms with Crippen molar-refractivity contribution in [3.63, 3.8) is 0 Å². The molecule has 0 unspecified atom stereocenters. The smallest absolute Gasteiger partial charge is 0.319 e. The quantitative estimate of drug-likeness (QED) is 0.617. The fourth-order valence-electron chi connectivity index (χ4n) is 4.41. The van der Waals surface area contributed by atoms with Crippen molar-refractivity contribution >= 4 is 17.5 Å². The number of ether oxygens (including phenoxy) is 1. The SMILES string of the molecule is CCNC(=O)Nc1ccc(-c2nc3c(c(N4CCOC[C@@H]4C)n2)CCn2nc(C#N)cc2-3)cc1. The number of nitrogens with zero attached hydrogens (tertiary/aromatic N) is 6. The molecule has 3 aromatic rings. The number of benzene rings is 1. The lowest BCUT2D eigenvalue weighted by Gasteiger charge is -2.36. The van der Waals surface area contributed by atoms with Crippen molar-refractivity contribution in [1.29, 1.82) is 5.26 Å². The van der Waals surface area contributed by atoms with E-state index in [1.54, 1.807) is 6.07 Å². The van der Waals surface area contributed by atoms with Crippen LogP contribution in [0.2, 0.25) is 0 Å². The summed E-state index contributed by atoms with van der Waals surface area (Å²) in [6.07, 6.45) is 0.740. The van der Waals surface area contributed by atoms with Gasteiger partial charge >= 0.3 is 6.03 Å². The first kappa shape index (κ1) is 21.9. The zero-order valence-electron chi connectivity index (χ0n) is 19.2. The second kappa shape index (κ2) is 9.11. The molecule has 2 aliphatic rings. The van der Waals surface area contributed by atoms with Crippen LogP contribution in [0.5, 0.6) is 0 Å². The van der Waals surface area contributed by atoms with Crippen molar-refractivity contribution in [2.75, 3.05) is 36.5 Å². The van der Waals surface area contributed by atoms with Gasteiger partial charge in [0.25, 0.3) is 0 Å². The Morgan fingerprint density at radius 3 is 2.82 bits per heavy atom. The van der Waals surface area contributed by atoms with Gasteiger partial charge in [-0.05, 0) is 44.5 Å². The molecule has 0 radical (unpaired) electrons. The molecule has 0 spiro atoms. The van der Waals surface area contributed by atoms with Gasteiger partial charge in [-0.25, -0.2) is 14.8 Å². The summed E-state index contributed by atoms with van der Waals surface area (Å²) >= 11 is 0. The second-order valence-corrected chi connectivity index (χ2v) is 8.38. The highest BCUT2D eigenvalue weighted by atomic mass is 16.5. The summed E-state index contributed by atoms with van der Waals surface area (Å²) in [6.45, 7) is 7.28. The van der Waals surface area contributed by atoms with Crippen LogP contribution < -0.4 is 15.5 Å². The molecule has 4 heterocycles. The first-order chi connectivity index (χ1) is 16.6. The van der Waals surface area contributed by atoms with Gasteiger partial charge in [-0.3, -0.25) is 4.68 Å². The Morgan fingerprint density at radius 2 is 2.09 bits per heavy atom. The second-order valence-electron chi connectivity index (χ2n) is 8.38. The van der Waals surface area contributed by atoms with Crippen molar-refractivity contribution < 1.29 is 9.53 Å². The van der Waals surface area contributed by atoms with Crippen molar-refractivity contribution in [1.82, 2.24) is 25.1 Å². The number of aryl methyl sites for hydroxylation is 1. The monoisotopic (exact) mass is 458 g/mol. The summed E-state index contributed by atoms with van der Waals surface area (Å²) in [4.78, 5) is 24.1. The average molecular weight is 459 g/mol. The van der Waals surface area contributed by atoms with Crippen LogP contribution in [0.1, 0.15) is 25.1 Å². The number of morpholine rings is 1. The van der Waals surface area contributed by atoms with Crippen LogP contribution in [-0.2, 0) is 17.7 Å².